The molecule has 1 amide bonds. The van der Waals surface area contributed by atoms with Gasteiger partial charge in [-0.3, -0.25) is 4.79 Å². The molecule has 0 atom stereocenters. The summed E-state index contributed by atoms with van der Waals surface area (Å²) in [5.74, 6) is 5.83. The Kier molecular flexibility index (Phi) is 6.94. The normalized spacial score (nSPS) is 21.0. The topological polar surface area (TPSA) is 96.7 Å². The Balaban J connectivity index is 1.92. The lowest BCUT2D eigenvalue weighted by Crippen LogP contribution is -2.40. The van der Waals surface area contributed by atoms with E-state index in [-0.39, 0.29) is 16.6 Å². The average Bonchev–Trinajstić information content (AvgIpc) is 2.55. The lowest BCUT2D eigenvalue weighted by molar-refractivity contribution is -0.137. The number of hydrazone groups is 1. The summed E-state index contributed by atoms with van der Waals surface area (Å²) in [6, 6.07) is 2.61. The number of hydrogen-bond acceptors (Lipinski definition) is 4. The van der Waals surface area contributed by atoms with Gasteiger partial charge < -0.3 is 11.1 Å². The molecule has 27 heavy (non-hydrogen) atoms. The molecule has 1 aromatic carbocycles. The van der Waals surface area contributed by atoms with Crippen molar-refractivity contribution in [1.29, 1.82) is 0 Å². The van der Waals surface area contributed by atoms with E-state index in [2.05, 4.69) is 10.4 Å². The van der Waals surface area contributed by atoms with Crippen LogP contribution in [0.2, 0.25) is 5.02 Å². The van der Waals surface area contributed by atoms with Crippen LogP contribution in [0.15, 0.2) is 23.3 Å². The fourth-order valence-electron chi connectivity index (χ4n) is 3.14. The quantitative estimate of drug-likeness (QED) is 0.303. The van der Waals surface area contributed by atoms with Gasteiger partial charge in [-0.05, 0) is 56.7 Å². The molecule has 0 spiro atoms. The summed E-state index contributed by atoms with van der Waals surface area (Å²) < 4.78 is 38.5. The third-order valence-electron chi connectivity index (χ3n) is 4.45. The number of benzene rings is 1. The minimum absolute atomic E-state index is 0.0111. The number of nitrogens with two attached hydrogens (primary N) is 2. The van der Waals surface area contributed by atoms with Crippen molar-refractivity contribution in [3.63, 3.8) is 0 Å². The molecular formula is C17H23ClF3N5O. The van der Waals surface area contributed by atoms with E-state index in [0.29, 0.717) is 31.1 Å². The summed E-state index contributed by atoms with van der Waals surface area (Å²) in [6.45, 7) is 2.19. The predicted molar refractivity (Wildman–Crippen MR) is 97.9 cm³/mol. The molecule has 6 nitrogen and oxygen atoms in total. The SMILES string of the molecule is C/C(N)=N/N(N)CC1CCC(NC(=O)c2cc(C(F)(F)F)ccc2Cl)CC1. The molecule has 1 aromatic rings. The van der Waals surface area contributed by atoms with E-state index in [1.807, 2.05) is 0 Å². The Hall–Kier alpha value is -2.00. The molecule has 5 N–H and O–H groups in total. The second-order valence-electron chi connectivity index (χ2n) is 6.75. The molecule has 0 aliphatic heterocycles. The Morgan fingerprint density at radius 1 is 1.33 bits per heavy atom. The van der Waals surface area contributed by atoms with Gasteiger partial charge in [0.05, 0.1) is 22.7 Å². The van der Waals surface area contributed by atoms with E-state index in [1.165, 1.54) is 5.12 Å². The lowest BCUT2D eigenvalue weighted by Gasteiger charge is -2.30. The first-order valence-electron chi connectivity index (χ1n) is 8.56. The van der Waals surface area contributed by atoms with Crippen LogP contribution < -0.4 is 16.9 Å². The molecular weight excluding hydrogens is 383 g/mol. The number of amides is 1. The summed E-state index contributed by atoms with van der Waals surface area (Å²) in [6.07, 6.45) is -1.50. The number of hydrazine groups is 1. The molecule has 0 radical (unpaired) electrons. The Labute approximate surface area is 160 Å². The van der Waals surface area contributed by atoms with Crippen LogP contribution in [0.1, 0.15) is 48.5 Å². The van der Waals surface area contributed by atoms with Crippen LogP contribution in [0.4, 0.5) is 13.2 Å². The summed E-state index contributed by atoms with van der Waals surface area (Å²) in [5, 5.41) is 8.02. The monoisotopic (exact) mass is 405 g/mol. The molecule has 1 aliphatic carbocycles. The molecule has 2 rings (SSSR count). The molecule has 150 valence electrons. The van der Waals surface area contributed by atoms with Gasteiger partial charge in [-0.2, -0.15) is 13.2 Å². The molecule has 1 fully saturated rings. The maximum Gasteiger partial charge on any atom is 0.416 e. The average molecular weight is 406 g/mol. The summed E-state index contributed by atoms with van der Waals surface area (Å²) in [7, 11) is 0. The molecule has 0 bridgehead atoms. The Morgan fingerprint density at radius 2 is 1.96 bits per heavy atom. The van der Waals surface area contributed by atoms with Gasteiger partial charge in [0.2, 0.25) is 0 Å². The van der Waals surface area contributed by atoms with Gasteiger partial charge in [-0.25, -0.2) is 11.0 Å². The molecule has 1 aliphatic rings. The number of alkyl halides is 3. The van der Waals surface area contributed by atoms with Crippen LogP contribution in [0, 0.1) is 5.92 Å². The minimum Gasteiger partial charge on any atom is -0.386 e. The van der Waals surface area contributed by atoms with Gasteiger partial charge in [-0.15, -0.1) is 5.10 Å². The minimum atomic E-state index is -4.53. The van der Waals surface area contributed by atoms with E-state index < -0.39 is 17.6 Å². The largest absolute Gasteiger partial charge is 0.416 e. The second-order valence-corrected chi connectivity index (χ2v) is 7.15. The predicted octanol–water partition coefficient (Wildman–Crippen LogP) is 3.12. The molecule has 0 unspecified atom stereocenters. The van der Waals surface area contributed by atoms with Crippen molar-refractivity contribution in [3.8, 4) is 0 Å². The first-order valence-corrected chi connectivity index (χ1v) is 8.94. The zero-order valence-corrected chi connectivity index (χ0v) is 15.6. The third kappa shape index (κ3) is 6.28. The van der Waals surface area contributed by atoms with Crippen LogP contribution in [0.5, 0.6) is 0 Å². The van der Waals surface area contributed by atoms with Crippen molar-refractivity contribution in [1.82, 2.24) is 10.4 Å². The second kappa shape index (κ2) is 8.79. The van der Waals surface area contributed by atoms with Crippen molar-refractivity contribution < 1.29 is 18.0 Å². The Morgan fingerprint density at radius 3 is 2.52 bits per heavy atom. The number of carbonyl (C=O) groups excluding carboxylic acids is 1. The van der Waals surface area contributed by atoms with Gasteiger partial charge in [-0.1, -0.05) is 11.6 Å². The van der Waals surface area contributed by atoms with Gasteiger partial charge in [0.15, 0.2) is 0 Å². The van der Waals surface area contributed by atoms with Gasteiger partial charge >= 0.3 is 6.18 Å². The number of halogens is 4. The fourth-order valence-corrected chi connectivity index (χ4v) is 3.34. The smallest absolute Gasteiger partial charge is 0.386 e. The summed E-state index contributed by atoms with van der Waals surface area (Å²) in [5.41, 5.74) is 4.40. The van der Waals surface area contributed by atoms with Crippen LogP contribution in [-0.2, 0) is 6.18 Å². The number of hydrogen-bond donors (Lipinski definition) is 3. The number of rotatable bonds is 5. The van der Waals surface area contributed by atoms with E-state index in [4.69, 9.17) is 23.2 Å². The van der Waals surface area contributed by atoms with E-state index in [1.54, 1.807) is 6.92 Å². The zero-order valence-electron chi connectivity index (χ0n) is 14.9. The van der Waals surface area contributed by atoms with Crippen molar-refractivity contribution >= 4 is 23.3 Å². The molecule has 0 heterocycles. The first kappa shape index (κ1) is 21.3. The third-order valence-corrected chi connectivity index (χ3v) is 4.78. The zero-order chi connectivity index (χ0) is 20.2. The van der Waals surface area contributed by atoms with E-state index in [0.717, 1.165) is 31.0 Å². The van der Waals surface area contributed by atoms with Crippen LogP contribution in [-0.4, -0.2) is 29.4 Å². The number of nitrogens with zero attached hydrogens (tertiary/aromatic N) is 2. The molecule has 1 saturated carbocycles. The fraction of sp³-hybridized carbons (Fsp3) is 0.529. The van der Waals surface area contributed by atoms with Crippen molar-refractivity contribution in [2.24, 2.45) is 22.6 Å². The highest BCUT2D eigenvalue weighted by Crippen LogP contribution is 2.32. The molecule has 0 aromatic heterocycles. The highest BCUT2D eigenvalue weighted by molar-refractivity contribution is 6.33. The van der Waals surface area contributed by atoms with Crippen LogP contribution >= 0.6 is 11.6 Å². The highest BCUT2D eigenvalue weighted by atomic mass is 35.5. The van der Waals surface area contributed by atoms with Gasteiger partial charge in [0.1, 0.15) is 5.84 Å². The van der Waals surface area contributed by atoms with Crippen LogP contribution in [0.3, 0.4) is 0 Å². The van der Waals surface area contributed by atoms with E-state index in [9.17, 15) is 18.0 Å². The first-order chi connectivity index (χ1) is 12.6. The summed E-state index contributed by atoms with van der Waals surface area (Å²) >= 11 is 5.91. The maximum absolute atomic E-state index is 12.8. The molecule has 0 saturated heterocycles. The van der Waals surface area contributed by atoms with Gasteiger partial charge in [0.25, 0.3) is 5.91 Å². The van der Waals surface area contributed by atoms with Crippen LogP contribution in [0.25, 0.3) is 0 Å². The van der Waals surface area contributed by atoms with E-state index >= 15 is 0 Å². The van der Waals surface area contributed by atoms with Crippen molar-refractivity contribution in [2.75, 3.05) is 6.54 Å². The van der Waals surface area contributed by atoms with Crippen molar-refractivity contribution in [2.45, 2.75) is 44.8 Å². The number of carbonyl (C=O) groups is 1. The molecule has 10 heteroatoms. The van der Waals surface area contributed by atoms with Gasteiger partial charge in [0, 0.05) is 6.04 Å². The standard InChI is InChI=1S/C17H23ClF3N5O/c1-10(22)25-26(23)9-11-2-5-13(6-3-11)24-16(27)14-8-12(17(19,20)21)4-7-15(14)18/h4,7-8,11,13H,2-3,5-6,9,23H2,1H3,(H2,22,25)(H,24,27). The van der Waals surface area contributed by atoms with Crippen molar-refractivity contribution in [3.05, 3.63) is 34.3 Å². The maximum atomic E-state index is 12.8. The number of nitrogens with one attached hydrogen (secondary N) is 1. The number of amidine groups is 1. The summed E-state index contributed by atoms with van der Waals surface area (Å²) in [4.78, 5) is 12.4. The Bertz CT molecular complexity index is 698. The highest BCUT2D eigenvalue weighted by Gasteiger charge is 2.32. The lowest BCUT2D eigenvalue weighted by atomic mass is 9.86.